The van der Waals surface area contributed by atoms with Gasteiger partial charge >= 0.3 is 0 Å². The summed E-state index contributed by atoms with van der Waals surface area (Å²) >= 11 is 5.70. The van der Waals surface area contributed by atoms with Gasteiger partial charge in [0.2, 0.25) is 0 Å². The normalized spacial score (nSPS) is 8.55. The van der Waals surface area contributed by atoms with Gasteiger partial charge in [-0.25, -0.2) is 0 Å². The third kappa shape index (κ3) is 2.61. The molecule has 0 atom stereocenters. The van der Waals surface area contributed by atoms with Crippen molar-refractivity contribution in [3.05, 3.63) is 39.7 Å². The Balaban J connectivity index is 2.71. The first kappa shape index (κ1) is 8.10. The van der Waals surface area contributed by atoms with Crippen molar-refractivity contribution in [2.24, 2.45) is 0 Å². The Kier molecular flexibility index (Phi) is 2.95. The zero-order chi connectivity index (χ0) is 8.10. The van der Waals surface area contributed by atoms with Crippen LogP contribution in [0.4, 0.5) is 0 Å². The van der Waals surface area contributed by atoms with Crippen LogP contribution in [-0.2, 0) is 6.54 Å². The molecule has 0 heterocycles. The quantitative estimate of drug-likeness (QED) is 0.604. The number of hydrogen-bond donors (Lipinski definition) is 0. The molecule has 1 rings (SSSR count). The Morgan fingerprint density at radius 2 is 2.00 bits per heavy atom. The molecule has 0 saturated carbocycles. The Morgan fingerprint density at radius 1 is 1.36 bits per heavy atom. The van der Waals surface area contributed by atoms with Crippen molar-refractivity contribution in [1.29, 1.82) is 0 Å². The largest absolute Gasteiger partial charge is 0.288 e. The lowest BCUT2D eigenvalue weighted by Gasteiger charge is -1.88. The average Bonchev–Trinajstić information content (AvgIpc) is 2.04. The molecule has 1 aromatic rings. The summed E-state index contributed by atoms with van der Waals surface area (Å²) in [6.45, 7) is 2.48. The van der Waals surface area contributed by atoms with Crippen LogP contribution >= 0.6 is 11.6 Å². The summed E-state index contributed by atoms with van der Waals surface area (Å²) in [5, 5.41) is 0.762. The SMILES string of the molecule is CC#[N+]Cc1ccc(Cl)cc1. The van der Waals surface area contributed by atoms with E-state index in [2.05, 4.69) is 10.9 Å². The lowest BCUT2D eigenvalue weighted by molar-refractivity contribution is 1.26. The van der Waals surface area contributed by atoms with Gasteiger partial charge in [0.1, 0.15) is 0 Å². The number of benzene rings is 1. The van der Waals surface area contributed by atoms with Crippen LogP contribution in [-0.4, -0.2) is 0 Å². The fourth-order valence-corrected chi connectivity index (χ4v) is 0.886. The Morgan fingerprint density at radius 3 is 2.55 bits per heavy atom. The van der Waals surface area contributed by atoms with Gasteiger partial charge in [-0.15, -0.1) is 0 Å². The smallest absolute Gasteiger partial charge is 0.0843 e. The van der Waals surface area contributed by atoms with E-state index in [0.717, 1.165) is 10.6 Å². The molecule has 11 heavy (non-hydrogen) atoms. The van der Waals surface area contributed by atoms with Crippen molar-refractivity contribution in [2.45, 2.75) is 13.5 Å². The lowest BCUT2D eigenvalue weighted by Crippen LogP contribution is -1.76. The molecule has 0 spiro atoms. The minimum absolute atomic E-state index is 0.688. The van der Waals surface area contributed by atoms with Crippen molar-refractivity contribution >= 4 is 11.6 Å². The van der Waals surface area contributed by atoms with E-state index < -0.39 is 0 Å². The zero-order valence-corrected chi connectivity index (χ0v) is 7.10. The fraction of sp³-hybridized carbons (Fsp3) is 0.222. The monoisotopic (exact) mass is 166 g/mol. The maximum atomic E-state index is 5.70. The third-order valence-corrected chi connectivity index (χ3v) is 1.58. The highest BCUT2D eigenvalue weighted by Crippen LogP contribution is 2.09. The van der Waals surface area contributed by atoms with Crippen LogP contribution in [0.15, 0.2) is 24.3 Å². The highest BCUT2D eigenvalue weighted by molar-refractivity contribution is 6.30. The van der Waals surface area contributed by atoms with Gasteiger partial charge in [0, 0.05) is 10.6 Å². The van der Waals surface area contributed by atoms with Crippen molar-refractivity contribution < 1.29 is 0 Å². The maximum Gasteiger partial charge on any atom is 0.288 e. The Labute approximate surface area is 71.4 Å². The molecule has 0 radical (unpaired) electrons. The highest BCUT2D eigenvalue weighted by atomic mass is 35.5. The third-order valence-electron chi connectivity index (χ3n) is 1.33. The summed E-state index contributed by atoms with van der Waals surface area (Å²) < 4.78 is 0. The number of nitrogens with zero attached hydrogens (tertiary/aromatic N) is 1. The second-order valence-electron chi connectivity index (χ2n) is 2.17. The van der Waals surface area contributed by atoms with E-state index in [1.165, 1.54) is 0 Å². The van der Waals surface area contributed by atoms with E-state index in [4.69, 9.17) is 11.6 Å². The minimum Gasteiger partial charge on any atom is -0.0843 e. The summed E-state index contributed by atoms with van der Waals surface area (Å²) in [5.74, 6) is 0. The molecule has 2 heteroatoms. The molecule has 0 N–H and O–H groups in total. The second-order valence-corrected chi connectivity index (χ2v) is 2.60. The van der Waals surface area contributed by atoms with E-state index >= 15 is 0 Å². The Hall–Kier alpha value is -1.00. The molecule has 0 bridgehead atoms. The van der Waals surface area contributed by atoms with Crippen LogP contribution in [0.25, 0.3) is 4.85 Å². The molecule has 56 valence electrons. The Bertz CT molecular complexity index is 279. The molecule has 0 saturated heterocycles. The van der Waals surface area contributed by atoms with E-state index in [1.807, 2.05) is 24.3 Å². The van der Waals surface area contributed by atoms with Crippen molar-refractivity contribution in [3.63, 3.8) is 0 Å². The number of hydrogen-bond acceptors (Lipinski definition) is 0. The molecule has 0 aliphatic rings. The van der Waals surface area contributed by atoms with Gasteiger partial charge in [-0.05, 0) is 24.3 Å². The van der Waals surface area contributed by atoms with Gasteiger partial charge in [-0.1, -0.05) is 16.4 Å². The van der Waals surface area contributed by atoms with Crippen LogP contribution in [0.2, 0.25) is 5.02 Å². The summed E-state index contributed by atoms with van der Waals surface area (Å²) in [4.78, 5) is 3.98. The molecular weight excluding hydrogens is 158 g/mol. The minimum atomic E-state index is 0.688. The summed E-state index contributed by atoms with van der Waals surface area (Å²) in [7, 11) is 0. The molecule has 0 aliphatic heterocycles. The standard InChI is InChI=1S/C9H9ClN/c1-2-11-7-8-3-5-9(10)6-4-8/h3-6H,7H2,1H3/q+1. The van der Waals surface area contributed by atoms with Crippen LogP contribution in [0.1, 0.15) is 12.5 Å². The first-order valence-electron chi connectivity index (χ1n) is 3.40. The van der Waals surface area contributed by atoms with Crippen LogP contribution in [0.5, 0.6) is 0 Å². The van der Waals surface area contributed by atoms with Gasteiger partial charge in [-0.2, -0.15) is 0 Å². The van der Waals surface area contributed by atoms with E-state index in [-0.39, 0.29) is 0 Å². The molecule has 0 amide bonds. The summed E-state index contributed by atoms with van der Waals surface area (Å²) in [5.41, 5.74) is 1.16. The second kappa shape index (κ2) is 4.00. The van der Waals surface area contributed by atoms with E-state index in [9.17, 15) is 0 Å². The lowest BCUT2D eigenvalue weighted by atomic mass is 10.2. The maximum absolute atomic E-state index is 5.70. The van der Waals surface area contributed by atoms with Crippen molar-refractivity contribution in [1.82, 2.24) is 0 Å². The van der Waals surface area contributed by atoms with E-state index in [1.54, 1.807) is 6.92 Å². The van der Waals surface area contributed by atoms with Crippen LogP contribution in [0.3, 0.4) is 0 Å². The zero-order valence-electron chi connectivity index (χ0n) is 6.34. The molecule has 0 unspecified atom stereocenters. The molecule has 1 aromatic carbocycles. The van der Waals surface area contributed by atoms with Crippen molar-refractivity contribution in [3.8, 4) is 6.07 Å². The van der Waals surface area contributed by atoms with Gasteiger partial charge in [0.25, 0.3) is 12.6 Å². The molecule has 0 fully saturated rings. The van der Waals surface area contributed by atoms with Crippen LogP contribution in [0, 0.1) is 6.07 Å². The predicted molar refractivity (Wildman–Crippen MR) is 48.1 cm³/mol. The van der Waals surface area contributed by atoms with Gasteiger partial charge in [-0.3, -0.25) is 0 Å². The fourth-order valence-electron chi connectivity index (χ4n) is 0.760. The van der Waals surface area contributed by atoms with Gasteiger partial charge in [0.15, 0.2) is 0 Å². The van der Waals surface area contributed by atoms with Gasteiger partial charge < -0.3 is 0 Å². The number of rotatable bonds is 1. The predicted octanol–water partition coefficient (Wildman–Crippen LogP) is 3.19. The summed E-state index contributed by atoms with van der Waals surface area (Å²) in [6.07, 6.45) is 0. The van der Waals surface area contributed by atoms with Crippen LogP contribution < -0.4 is 0 Å². The summed E-state index contributed by atoms with van der Waals surface area (Å²) in [6, 6.07) is 10.4. The molecule has 0 aromatic heterocycles. The molecule has 1 nitrogen and oxygen atoms in total. The first-order valence-corrected chi connectivity index (χ1v) is 3.78. The number of halogens is 1. The average molecular weight is 167 g/mol. The first-order chi connectivity index (χ1) is 5.33. The molecular formula is C9H9ClN+. The highest BCUT2D eigenvalue weighted by Gasteiger charge is 1.95. The van der Waals surface area contributed by atoms with E-state index in [0.29, 0.717) is 6.54 Å². The van der Waals surface area contributed by atoms with Crippen molar-refractivity contribution in [2.75, 3.05) is 0 Å². The topological polar surface area (TPSA) is 4.36 Å². The van der Waals surface area contributed by atoms with Gasteiger partial charge in [0.05, 0.1) is 6.92 Å². The molecule has 0 aliphatic carbocycles.